The first-order chi connectivity index (χ1) is 11.9. The van der Waals surface area contributed by atoms with Crippen molar-refractivity contribution in [3.05, 3.63) is 41.9 Å². The Bertz CT molecular complexity index is 815. The van der Waals surface area contributed by atoms with E-state index < -0.39 is 14.6 Å². The van der Waals surface area contributed by atoms with Gasteiger partial charge in [0.2, 0.25) is 10.0 Å². The van der Waals surface area contributed by atoms with Crippen molar-refractivity contribution >= 4 is 21.8 Å². The Morgan fingerprint density at radius 3 is 2.68 bits per heavy atom. The third kappa shape index (κ3) is 3.78. The molecule has 2 unspecified atom stereocenters. The number of hydrogen-bond acceptors (Lipinski definition) is 4. The van der Waals surface area contributed by atoms with E-state index in [0.29, 0.717) is 6.54 Å². The maximum Gasteiger partial charge on any atom is 0.226 e. The highest BCUT2D eigenvalue weighted by molar-refractivity contribution is 8.12. The van der Waals surface area contributed by atoms with Crippen molar-refractivity contribution in [2.45, 2.75) is 43.7 Å². The summed E-state index contributed by atoms with van der Waals surface area (Å²) in [6.07, 6.45) is 6.37. The zero-order chi connectivity index (χ0) is 18.0. The van der Waals surface area contributed by atoms with E-state index in [1.54, 1.807) is 17.4 Å². The zero-order valence-corrected chi connectivity index (χ0v) is 16.5. The Balaban J connectivity index is 1.90. The molecule has 1 N–H and O–H groups in total. The quantitative estimate of drug-likeness (QED) is 0.854. The Kier molecular flexibility index (Phi) is 5.55. The molecule has 1 aliphatic rings. The summed E-state index contributed by atoms with van der Waals surface area (Å²) >= 11 is 1.37. The molecule has 1 aromatic heterocycles. The lowest BCUT2D eigenvalue weighted by Gasteiger charge is -2.35. The van der Waals surface area contributed by atoms with Crippen LogP contribution in [0.25, 0.3) is 11.3 Å². The topological polar surface area (TPSA) is 66.1 Å². The molecule has 0 saturated carbocycles. The van der Waals surface area contributed by atoms with Crippen LogP contribution in [-0.2, 0) is 10.0 Å². The van der Waals surface area contributed by atoms with Crippen LogP contribution in [0.1, 0.15) is 43.6 Å². The summed E-state index contributed by atoms with van der Waals surface area (Å²) in [7, 11) is -3.33. The number of benzene rings is 1. The molecule has 7 heteroatoms. The molecule has 1 saturated heterocycles. The molecule has 136 valence electrons. The molecule has 0 amide bonds. The molecule has 0 bridgehead atoms. The second-order valence-corrected chi connectivity index (χ2v) is 10.2. The fourth-order valence-electron chi connectivity index (χ4n) is 3.18. The van der Waals surface area contributed by atoms with Gasteiger partial charge in [0.05, 0.1) is 17.9 Å². The van der Waals surface area contributed by atoms with Crippen molar-refractivity contribution in [3.8, 4) is 11.3 Å². The van der Waals surface area contributed by atoms with Crippen LogP contribution >= 0.6 is 11.8 Å². The van der Waals surface area contributed by atoms with Gasteiger partial charge in [-0.3, -0.25) is 0 Å². The number of aryl methyl sites for hydroxylation is 1. The van der Waals surface area contributed by atoms with Gasteiger partial charge in [-0.15, -0.1) is 11.8 Å². The largest absolute Gasteiger partial charge is 0.341 e. The summed E-state index contributed by atoms with van der Waals surface area (Å²) in [6, 6.07) is 8.03. The van der Waals surface area contributed by atoms with Gasteiger partial charge < -0.3 is 4.98 Å². The maximum atomic E-state index is 12.9. The number of aromatic amines is 1. The van der Waals surface area contributed by atoms with E-state index in [0.717, 1.165) is 36.3 Å². The minimum atomic E-state index is -3.33. The van der Waals surface area contributed by atoms with Gasteiger partial charge in [-0.2, -0.15) is 4.31 Å². The van der Waals surface area contributed by atoms with Gasteiger partial charge in [-0.25, -0.2) is 13.4 Å². The van der Waals surface area contributed by atoms with Crippen LogP contribution < -0.4 is 0 Å². The Labute approximate surface area is 154 Å². The van der Waals surface area contributed by atoms with Gasteiger partial charge in [-0.1, -0.05) is 36.2 Å². The van der Waals surface area contributed by atoms with Crippen LogP contribution in [-0.4, -0.2) is 40.1 Å². The molecule has 1 aliphatic heterocycles. The molecule has 1 aromatic carbocycles. The number of thioether (sulfide) groups is 1. The molecule has 1 fully saturated rings. The minimum absolute atomic E-state index is 0.201. The van der Waals surface area contributed by atoms with E-state index >= 15 is 0 Å². The zero-order valence-electron chi connectivity index (χ0n) is 14.9. The number of rotatable bonds is 5. The summed E-state index contributed by atoms with van der Waals surface area (Å²) in [5, 5.41) is 0. The van der Waals surface area contributed by atoms with E-state index in [9.17, 15) is 8.42 Å². The molecule has 0 spiro atoms. The van der Waals surface area contributed by atoms with Crippen molar-refractivity contribution in [3.63, 3.8) is 0 Å². The molecule has 25 heavy (non-hydrogen) atoms. The summed E-state index contributed by atoms with van der Waals surface area (Å²) in [5.41, 5.74) is 3.20. The standard InChI is InChI=1S/C18H25N3O2S2/c1-13-7-9-15(10-8-13)16-12-19-18(20-16)17-6-4-5-11-21(17)25(22,23)14(2)24-3/h7-10,12,14,17H,4-6,11H2,1-3H3,(H,19,20). The summed E-state index contributed by atoms with van der Waals surface area (Å²) in [4.78, 5) is 7.87. The van der Waals surface area contributed by atoms with Crippen LogP contribution in [0.5, 0.6) is 0 Å². The van der Waals surface area contributed by atoms with Gasteiger partial charge in [0.1, 0.15) is 10.4 Å². The third-order valence-electron chi connectivity index (χ3n) is 4.81. The second kappa shape index (κ2) is 7.51. The molecular weight excluding hydrogens is 354 g/mol. The smallest absolute Gasteiger partial charge is 0.226 e. The average Bonchev–Trinajstić information content (AvgIpc) is 3.11. The van der Waals surface area contributed by atoms with Gasteiger partial charge in [0.15, 0.2) is 0 Å². The predicted octanol–water partition coefficient (Wildman–Crippen LogP) is 3.95. The number of H-pyrrole nitrogens is 1. The minimum Gasteiger partial charge on any atom is -0.341 e. The highest BCUT2D eigenvalue weighted by Gasteiger charge is 2.37. The average molecular weight is 380 g/mol. The number of imidazole rings is 1. The third-order valence-corrected chi connectivity index (χ3v) is 8.71. The maximum absolute atomic E-state index is 12.9. The first-order valence-electron chi connectivity index (χ1n) is 8.59. The van der Waals surface area contributed by atoms with Crippen LogP contribution in [0.3, 0.4) is 0 Å². The van der Waals surface area contributed by atoms with Crippen molar-refractivity contribution in [1.29, 1.82) is 0 Å². The number of nitrogens with zero attached hydrogens (tertiary/aromatic N) is 2. The van der Waals surface area contributed by atoms with Crippen molar-refractivity contribution in [2.75, 3.05) is 12.8 Å². The highest BCUT2D eigenvalue weighted by atomic mass is 32.3. The van der Waals surface area contributed by atoms with Gasteiger partial charge >= 0.3 is 0 Å². The number of hydrogen-bond donors (Lipinski definition) is 1. The molecule has 5 nitrogen and oxygen atoms in total. The lowest BCUT2D eigenvalue weighted by molar-refractivity contribution is 0.247. The van der Waals surface area contributed by atoms with Crippen molar-refractivity contribution in [1.82, 2.24) is 14.3 Å². The van der Waals surface area contributed by atoms with Crippen LogP contribution in [0.4, 0.5) is 0 Å². The van der Waals surface area contributed by atoms with Gasteiger partial charge in [-0.05, 0) is 38.5 Å². The molecule has 3 rings (SSSR count). The second-order valence-electron chi connectivity index (χ2n) is 6.52. The fourth-order valence-corrected chi connectivity index (χ4v) is 5.81. The van der Waals surface area contributed by atoms with E-state index in [4.69, 9.17) is 0 Å². The summed E-state index contributed by atoms with van der Waals surface area (Å²) in [5.74, 6) is 0.743. The molecule has 0 radical (unpaired) electrons. The van der Waals surface area contributed by atoms with E-state index in [-0.39, 0.29) is 6.04 Å². The van der Waals surface area contributed by atoms with E-state index in [1.165, 1.54) is 17.3 Å². The monoisotopic (exact) mass is 379 g/mol. The number of aromatic nitrogens is 2. The normalized spacial score (nSPS) is 20.5. The SMILES string of the molecule is CSC(C)S(=O)(=O)N1CCCCC1c1ncc(-c2ccc(C)cc2)[nH]1. The summed E-state index contributed by atoms with van der Waals surface area (Å²) < 4.78 is 27.0. The Morgan fingerprint density at radius 1 is 1.28 bits per heavy atom. The van der Waals surface area contributed by atoms with Crippen LogP contribution in [0.15, 0.2) is 30.5 Å². The van der Waals surface area contributed by atoms with Crippen LogP contribution in [0, 0.1) is 6.92 Å². The first kappa shape index (κ1) is 18.5. The summed E-state index contributed by atoms with van der Waals surface area (Å²) in [6.45, 7) is 4.38. The van der Waals surface area contributed by atoms with Gasteiger partial charge in [0.25, 0.3) is 0 Å². The Hall–Kier alpha value is -1.31. The van der Waals surface area contributed by atoms with Gasteiger partial charge in [0, 0.05) is 6.54 Å². The molecule has 0 aliphatic carbocycles. The fraction of sp³-hybridized carbons (Fsp3) is 0.500. The lowest BCUT2D eigenvalue weighted by atomic mass is 10.0. The molecular formula is C18H25N3O2S2. The lowest BCUT2D eigenvalue weighted by Crippen LogP contribution is -2.42. The highest BCUT2D eigenvalue weighted by Crippen LogP contribution is 2.35. The molecule has 2 atom stereocenters. The first-order valence-corrected chi connectivity index (χ1v) is 11.4. The molecule has 2 heterocycles. The van der Waals surface area contributed by atoms with E-state index in [1.807, 2.05) is 6.26 Å². The predicted molar refractivity (Wildman–Crippen MR) is 104 cm³/mol. The van der Waals surface area contributed by atoms with Crippen molar-refractivity contribution < 1.29 is 8.42 Å². The number of nitrogens with one attached hydrogen (secondary N) is 1. The molecule has 2 aromatic rings. The number of piperidine rings is 1. The Morgan fingerprint density at radius 2 is 2.00 bits per heavy atom. The van der Waals surface area contributed by atoms with Crippen LogP contribution in [0.2, 0.25) is 0 Å². The number of sulfonamides is 1. The van der Waals surface area contributed by atoms with Crippen molar-refractivity contribution in [2.24, 2.45) is 0 Å². The van der Waals surface area contributed by atoms with E-state index in [2.05, 4.69) is 41.2 Å².